The van der Waals surface area contributed by atoms with Crippen LogP contribution in [-0.2, 0) is 9.53 Å². The molecule has 0 N–H and O–H groups in total. The van der Waals surface area contributed by atoms with E-state index in [0.29, 0.717) is 0 Å². The van der Waals surface area contributed by atoms with Gasteiger partial charge in [-0.25, -0.2) is 0 Å². The largest absolute Gasteiger partial charge is 0.452 e. The first-order chi connectivity index (χ1) is 6.60. The molecule has 0 radical (unpaired) electrons. The van der Waals surface area contributed by atoms with Crippen molar-refractivity contribution in [2.24, 2.45) is 5.41 Å². The van der Waals surface area contributed by atoms with Crippen molar-refractivity contribution in [3.05, 3.63) is 0 Å². The highest BCUT2D eigenvalue weighted by Crippen LogP contribution is 2.29. The normalized spacial score (nSPS) is 14.1. The zero-order chi connectivity index (χ0) is 11.0. The lowest BCUT2D eigenvalue weighted by atomic mass is 9.82. The quantitative estimate of drug-likeness (QED) is 0.482. The summed E-state index contributed by atoms with van der Waals surface area (Å²) in [6, 6.07) is 0. The maximum atomic E-state index is 11.6. The van der Waals surface area contributed by atoms with E-state index in [1.165, 1.54) is 0 Å². The third-order valence-corrected chi connectivity index (χ3v) is 2.64. The van der Waals surface area contributed by atoms with E-state index in [4.69, 9.17) is 11.2 Å². The highest BCUT2D eigenvalue weighted by Gasteiger charge is 2.31. The van der Waals surface area contributed by atoms with E-state index < -0.39 is 0 Å². The summed E-state index contributed by atoms with van der Waals surface area (Å²) < 4.78 is 4.97. The van der Waals surface area contributed by atoms with Crippen molar-refractivity contribution >= 4 is 5.97 Å². The molecule has 14 heavy (non-hydrogen) atoms. The van der Waals surface area contributed by atoms with Crippen LogP contribution in [0.25, 0.3) is 0 Å². The van der Waals surface area contributed by atoms with E-state index >= 15 is 0 Å². The Labute approximate surface area is 87.0 Å². The Hall–Kier alpha value is -0.970. The molecule has 0 aromatic carbocycles. The van der Waals surface area contributed by atoms with Gasteiger partial charge >= 0.3 is 5.97 Å². The van der Waals surface area contributed by atoms with Crippen molar-refractivity contribution in [1.82, 2.24) is 0 Å². The summed E-state index contributed by atoms with van der Waals surface area (Å²) in [6.07, 6.45) is 8.86. The van der Waals surface area contributed by atoms with E-state index in [0.717, 1.165) is 25.7 Å². The van der Waals surface area contributed by atoms with Crippen LogP contribution in [0.2, 0.25) is 0 Å². The number of ether oxygens (including phenoxy) is 1. The number of hydrogen-bond donors (Lipinski definition) is 0. The second-order valence-corrected chi connectivity index (χ2v) is 3.80. The molecule has 0 aromatic heterocycles. The predicted molar refractivity (Wildman–Crippen MR) is 57.7 cm³/mol. The lowest BCUT2D eigenvalue weighted by Crippen LogP contribution is -2.29. The van der Waals surface area contributed by atoms with Gasteiger partial charge in [0.15, 0.2) is 6.61 Å². The minimum absolute atomic E-state index is 0.0839. The number of rotatable bonds is 6. The van der Waals surface area contributed by atoms with Crippen LogP contribution >= 0.6 is 0 Å². The maximum absolute atomic E-state index is 11.6. The molecule has 0 spiro atoms. The Balaban J connectivity index is 4.21. The number of esters is 1. The van der Waals surface area contributed by atoms with Crippen molar-refractivity contribution in [2.75, 3.05) is 6.61 Å². The summed E-state index contributed by atoms with van der Waals surface area (Å²) >= 11 is 0. The first-order valence-electron chi connectivity index (χ1n) is 5.21. The molecule has 2 heteroatoms. The highest BCUT2D eigenvalue weighted by molar-refractivity contribution is 5.76. The molecule has 1 atom stereocenters. The predicted octanol–water partition coefficient (Wildman–Crippen LogP) is 2.77. The molecule has 0 aromatic rings. The van der Waals surface area contributed by atoms with Gasteiger partial charge in [-0.1, -0.05) is 32.6 Å². The zero-order valence-corrected chi connectivity index (χ0v) is 9.43. The van der Waals surface area contributed by atoms with Crippen LogP contribution in [0.1, 0.15) is 46.5 Å². The first kappa shape index (κ1) is 13.0. The summed E-state index contributed by atoms with van der Waals surface area (Å²) in [5.41, 5.74) is -0.354. The van der Waals surface area contributed by atoms with Crippen LogP contribution < -0.4 is 0 Å². The SMILES string of the molecule is C#CCOC(=O)C(C)(CC)CCCC. The Kier molecular flexibility index (Phi) is 6.03. The molecular formula is C12H20O2. The third kappa shape index (κ3) is 3.83. The molecule has 0 saturated heterocycles. The van der Waals surface area contributed by atoms with Gasteiger partial charge in [-0.15, -0.1) is 6.42 Å². The van der Waals surface area contributed by atoms with Gasteiger partial charge < -0.3 is 4.74 Å². The second-order valence-electron chi connectivity index (χ2n) is 3.80. The Morgan fingerprint density at radius 2 is 2.14 bits per heavy atom. The van der Waals surface area contributed by atoms with E-state index in [9.17, 15) is 4.79 Å². The van der Waals surface area contributed by atoms with Crippen LogP contribution in [0.4, 0.5) is 0 Å². The molecular weight excluding hydrogens is 176 g/mol. The third-order valence-electron chi connectivity index (χ3n) is 2.64. The van der Waals surface area contributed by atoms with E-state index in [2.05, 4.69) is 12.8 Å². The smallest absolute Gasteiger partial charge is 0.312 e. The van der Waals surface area contributed by atoms with Gasteiger partial charge in [-0.05, 0) is 19.8 Å². The monoisotopic (exact) mass is 196 g/mol. The number of terminal acetylenes is 1. The van der Waals surface area contributed by atoms with Crippen LogP contribution in [0.5, 0.6) is 0 Å². The summed E-state index contributed by atoms with van der Waals surface area (Å²) in [4.78, 5) is 11.6. The second kappa shape index (κ2) is 6.48. The van der Waals surface area contributed by atoms with Crippen molar-refractivity contribution in [3.63, 3.8) is 0 Å². The Bertz CT molecular complexity index is 215. The molecule has 0 aliphatic carbocycles. The van der Waals surface area contributed by atoms with Crippen LogP contribution in [0.15, 0.2) is 0 Å². The lowest BCUT2D eigenvalue weighted by Gasteiger charge is -2.25. The van der Waals surface area contributed by atoms with Crippen molar-refractivity contribution in [2.45, 2.75) is 46.5 Å². The fourth-order valence-corrected chi connectivity index (χ4v) is 1.27. The van der Waals surface area contributed by atoms with Crippen LogP contribution in [-0.4, -0.2) is 12.6 Å². The Morgan fingerprint density at radius 1 is 1.50 bits per heavy atom. The zero-order valence-electron chi connectivity index (χ0n) is 9.43. The molecule has 0 heterocycles. The van der Waals surface area contributed by atoms with Crippen molar-refractivity contribution in [1.29, 1.82) is 0 Å². The van der Waals surface area contributed by atoms with E-state index in [1.807, 2.05) is 13.8 Å². The molecule has 0 aliphatic rings. The average Bonchev–Trinajstić information content (AvgIpc) is 2.22. The fraction of sp³-hybridized carbons (Fsp3) is 0.750. The lowest BCUT2D eigenvalue weighted by molar-refractivity contribution is -0.154. The fourth-order valence-electron chi connectivity index (χ4n) is 1.27. The summed E-state index contributed by atoms with van der Waals surface area (Å²) in [5.74, 6) is 2.15. The molecule has 1 unspecified atom stereocenters. The molecule has 0 amide bonds. The van der Waals surface area contributed by atoms with Gasteiger partial charge in [-0.3, -0.25) is 4.79 Å². The standard InChI is InChI=1S/C12H20O2/c1-5-8-9-12(4,7-3)11(13)14-10-6-2/h2H,5,7-10H2,1,3-4H3. The van der Waals surface area contributed by atoms with Crippen molar-refractivity contribution in [3.8, 4) is 12.3 Å². The summed E-state index contributed by atoms with van der Waals surface area (Å²) in [7, 11) is 0. The minimum Gasteiger partial charge on any atom is -0.452 e. The highest BCUT2D eigenvalue weighted by atomic mass is 16.5. The van der Waals surface area contributed by atoms with Gasteiger partial charge in [-0.2, -0.15) is 0 Å². The summed E-state index contributed by atoms with van der Waals surface area (Å²) in [6.45, 7) is 6.15. The first-order valence-corrected chi connectivity index (χ1v) is 5.21. The molecule has 0 fully saturated rings. The van der Waals surface area contributed by atoms with Gasteiger partial charge in [0.25, 0.3) is 0 Å². The number of carbonyl (C=O) groups is 1. The molecule has 0 saturated carbocycles. The molecule has 0 rings (SSSR count). The maximum Gasteiger partial charge on any atom is 0.312 e. The van der Waals surface area contributed by atoms with Gasteiger partial charge in [0.05, 0.1) is 5.41 Å². The average molecular weight is 196 g/mol. The molecule has 0 bridgehead atoms. The molecule has 0 aliphatic heterocycles. The van der Waals surface area contributed by atoms with Crippen LogP contribution in [0, 0.1) is 17.8 Å². The van der Waals surface area contributed by atoms with Gasteiger partial charge in [0, 0.05) is 0 Å². The number of carbonyl (C=O) groups excluding carboxylic acids is 1. The minimum atomic E-state index is -0.354. The van der Waals surface area contributed by atoms with Gasteiger partial charge in [0.2, 0.25) is 0 Å². The van der Waals surface area contributed by atoms with E-state index in [1.54, 1.807) is 0 Å². The molecule has 2 nitrogen and oxygen atoms in total. The summed E-state index contributed by atoms with van der Waals surface area (Å²) in [5, 5.41) is 0. The van der Waals surface area contributed by atoms with E-state index in [-0.39, 0.29) is 18.0 Å². The van der Waals surface area contributed by atoms with Gasteiger partial charge in [0.1, 0.15) is 0 Å². The Morgan fingerprint density at radius 3 is 2.57 bits per heavy atom. The molecule has 80 valence electrons. The van der Waals surface area contributed by atoms with Crippen LogP contribution in [0.3, 0.4) is 0 Å². The van der Waals surface area contributed by atoms with Crippen molar-refractivity contribution < 1.29 is 9.53 Å². The number of hydrogen-bond acceptors (Lipinski definition) is 2. The topological polar surface area (TPSA) is 26.3 Å². The number of unbranched alkanes of at least 4 members (excludes halogenated alkanes) is 1.